The number of benzene rings is 2. The number of amides is 3. The third-order valence-corrected chi connectivity index (χ3v) is 6.76. The van der Waals surface area contributed by atoms with Gasteiger partial charge in [-0.3, -0.25) is 4.79 Å². The van der Waals surface area contributed by atoms with Crippen LogP contribution in [0.25, 0.3) is 0 Å². The molecule has 7 nitrogen and oxygen atoms in total. The molecule has 0 aromatic heterocycles. The quantitative estimate of drug-likeness (QED) is 0.493. The fourth-order valence-electron chi connectivity index (χ4n) is 4.86. The van der Waals surface area contributed by atoms with Crippen LogP contribution in [0.5, 0.6) is 0 Å². The Kier molecular flexibility index (Phi) is 8.30. The molecule has 0 spiro atoms. The molecule has 188 valence electrons. The number of ether oxygens (including phenoxy) is 1. The van der Waals surface area contributed by atoms with Gasteiger partial charge in [-0.15, -0.1) is 0 Å². The van der Waals surface area contributed by atoms with Crippen molar-refractivity contribution in [3.05, 3.63) is 64.7 Å². The zero-order valence-electron chi connectivity index (χ0n) is 19.6. The lowest BCUT2D eigenvalue weighted by atomic mass is 9.78. The molecule has 0 radical (unpaired) electrons. The van der Waals surface area contributed by atoms with Crippen LogP contribution in [-0.2, 0) is 22.6 Å². The first kappa shape index (κ1) is 25.1. The van der Waals surface area contributed by atoms with Crippen molar-refractivity contribution >= 4 is 17.6 Å². The zero-order chi connectivity index (χ0) is 24.8. The van der Waals surface area contributed by atoms with E-state index >= 15 is 0 Å². The molecule has 0 unspecified atom stereocenters. The standard InChI is InChI=1S/C26H31F2N3O4/c27-21-13-20-15-31(16-23(20)24(28)14-21)26(34)30-22-7-5-18(6-8-22)17-1-3-19(4-2-17)25(33)29-9-11-35-12-10-32/h5-8,13-14,17,19,32H,1-4,9-12,15-16H2,(H,29,33)(H,30,34). The summed E-state index contributed by atoms with van der Waals surface area (Å²) in [5.74, 6) is -0.842. The number of hydrogen-bond acceptors (Lipinski definition) is 4. The second kappa shape index (κ2) is 11.6. The SMILES string of the molecule is O=C(NCCOCCO)C1CCC(c2ccc(NC(=O)N3Cc4cc(F)cc(F)c4C3)cc2)CC1. The van der Waals surface area contributed by atoms with Crippen LogP contribution in [-0.4, -0.2) is 48.3 Å². The fraction of sp³-hybridized carbons (Fsp3) is 0.462. The third-order valence-electron chi connectivity index (χ3n) is 6.76. The van der Waals surface area contributed by atoms with E-state index in [1.807, 2.05) is 24.3 Å². The predicted octanol–water partition coefficient (Wildman–Crippen LogP) is 3.91. The lowest BCUT2D eigenvalue weighted by Crippen LogP contribution is -2.35. The first-order chi connectivity index (χ1) is 16.9. The normalized spacial score (nSPS) is 19.3. The van der Waals surface area contributed by atoms with Gasteiger partial charge < -0.3 is 25.4 Å². The average molecular weight is 488 g/mol. The number of aliphatic hydroxyl groups excluding tert-OH is 1. The van der Waals surface area contributed by atoms with Crippen molar-refractivity contribution < 1.29 is 28.2 Å². The molecule has 0 atom stereocenters. The molecule has 1 aliphatic heterocycles. The number of fused-ring (bicyclic) bond motifs is 1. The second-order valence-electron chi connectivity index (χ2n) is 9.11. The maximum Gasteiger partial charge on any atom is 0.322 e. The molecule has 2 aliphatic rings. The van der Waals surface area contributed by atoms with Crippen LogP contribution in [0, 0.1) is 17.6 Å². The van der Waals surface area contributed by atoms with Gasteiger partial charge in [0.1, 0.15) is 11.6 Å². The number of anilines is 1. The average Bonchev–Trinajstić information content (AvgIpc) is 3.29. The van der Waals surface area contributed by atoms with Crippen LogP contribution >= 0.6 is 0 Å². The largest absolute Gasteiger partial charge is 0.394 e. The fourth-order valence-corrected chi connectivity index (χ4v) is 4.86. The molecule has 2 aromatic carbocycles. The topological polar surface area (TPSA) is 90.9 Å². The van der Waals surface area contributed by atoms with Gasteiger partial charge in [-0.05, 0) is 60.9 Å². The van der Waals surface area contributed by atoms with Crippen LogP contribution in [0.4, 0.5) is 19.3 Å². The summed E-state index contributed by atoms with van der Waals surface area (Å²) in [6.45, 7) is 1.36. The van der Waals surface area contributed by atoms with Crippen molar-refractivity contribution in [2.45, 2.75) is 44.7 Å². The number of halogens is 2. The molecule has 3 amide bonds. The van der Waals surface area contributed by atoms with E-state index in [2.05, 4.69) is 10.6 Å². The summed E-state index contributed by atoms with van der Waals surface area (Å²) in [6, 6.07) is 9.44. The monoisotopic (exact) mass is 487 g/mol. The number of carbonyl (C=O) groups excluding carboxylic acids is 2. The van der Waals surface area contributed by atoms with Crippen LogP contribution in [0.1, 0.15) is 48.3 Å². The summed E-state index contributed by atoms with van der Waals surface area (Å²) in [4.78, 5) is 26.4. The Morgan fingerprint density at radius 3 is 2.49 bits per heavy atom. The number of aliphatic hydroxyl groups is 1. The third kappa shape index (κ3) is 6.35. The van der Waals surface area contributed by atoms with Crippen LogP contribution in [0.2, 0.25) is 0 Å². The molecule has 1 aliphatic carbocycles. The number of rotatable bonds is 8. The van der Waals surface area contributed by atoms with Gasteiger partial charge in [-0.2, -0.15) is 0 Å². The highest BCUT2D eigenvalue weighted by Gasteiger charge is 2.28. The Bertz CT molecular complexity index is 1040. The molecule has 0 saturated heterocycles. The summed E-state index contributed by atoms with van der Waals surface area (Å²) in [6.07, 6.45) is 3.47. The van der Waals surface area contributed by atoms with Crippen molar-refractivity contribution in [3.8, 4) is 0 Å². The molecular formula is C26H31F2N3O4. The minimum absolute atomic E-state index is 0.00514. The summed E-state index contributed by atoms with van der Waals surface area (Å²) < 4.78 is 32.6. The van der Waals surface area contributed by atoms with Crippen LogP contribution in [0.15, 0.2) is 36.4 Å². The maximum atomic E-state index is 14.0. The number of nitrogens with one attached hydrogen (secondary N) is 2. The molecule has 2 aromatic rings. The minimum Gasteiger partial charge on any atom is -0.394 e. The van der Waals surface area contributed by atoms with Gasteiger partial charge in [0.25, 0.3) is 0 Å². The molecule has 3 N–H and O–H groups in total. The second-order valence-corrected chi connectivity index (χ2v) is 9.11. The number of carbonyl (C=O) groups is 2. The highest BCUT2D eigenvalue weighted by atomic mass is 19.1. The Morgan fingerprint density at radius 2 is 1.77 bits per heavy atom. The summed E-state index contributed by atoms with van der Waals surface area (Å²) in [5.41, 5.74) is 2.66. The molecule has 4 rings (SSSR count). The zero-order valence-corrected chi connectivity index (χ0v) is 19.6. The van der Waals surface area contributed by atoms with E-state index in [4.69, 9.17) is 9.84 Å². The maximum absolute atomic E-state index is 14.0. The Morgan fingerprint density at radius 1 is 1.03 bits per heavy atom. The molecule has 1 fully saturated rings. The van der Waals surface area contributed by atoms with Gasteiger partial charge in [0, 0.05) is 36.3 Å². The lowest BCUT2D eigenvalue weighted by Gasteiger charge is -2.28. The van der Waals surface area contributed by atoms with Crippen molar-refractivity contribution in [3.63, 3.8) is 0 Å². The van der Waals surface area contributed by atoms with Crippen molar-refractivity contribution in [2.24, 2.45) is 5.92 Å². The van der Waals surface area contributed by atoms with E-state index in [1.54, 1.807) is 0 Å². The van der Waals surface area contributed by atoms with E-state index in [9.17, 15) is 18.4 Å². The van der Waals surface area contributed by atoms with E-state index in [0.717, 1.165) is 31.7 Å². The number of urea groups is 1. The highest BCUT2D eigenvalue weighted by molar-refractivity contribution is 5.89. The van der Waals surface area contributed by atoms with Crippen LogP contribution < -0.4 is 10.6 Å². The smallest absolute Gasteiger partial charge is 0.322 e. The molecule has 1 heterocycles. The summed E-state index contributed by atoms with van der Waals surface area (Å²) in [5, 5.41) is 14.4. The van der Waals surface area contributed by atoms with Crippen LogP contribution in [0.3, 0.4) is 0 Å². The van der Waals surface area contributed by atoms with Gasteiger partial charge in [0.05, 0.1) is 26.4 Å². The van der Waals surface area contributed by atoms with Crippen molar-refractivity contribution in [1.82, 2.24) is 10.2 Å². The predicted molar refractivity (Wildman–Crippen MR) is 127 cm³/mol. The Hall–Kier alpha value is -3.04. The van der Waals surface area contributed by atoms with E-state index < -0.39 is 11.6 Å². The molecule has 1 saturated carbocycles. The van der Waals surface area contributed by atoms with Gasteiger partial charge in [-0.1, -0.05) is 12.1 Å². The lowest BCUT2D eigenvalue weighted by molar-refractivity contribution is -0.126. The first-order valence-electron chi connectivity index (χ1n) is 12.0. The van der Waals surface area contributed by atoms with E-state index in [-0.39, 0.29) is 44.2 Å². The molecule has 0 bridgehead atoms. The molecular weight excluding hydrogens is 456 g/mol. The molecule has 35 heavy (non-hydrogen) atoms. The van der Waals surface area contributed by atoms with Gasteiger partial charge >= 0.3 is 6.03 Å². The number of nitrogens with zero attached hydrogens (tertiary/aromatic N) is 1. The van der Waals surface area contributed by atoms with Crippen molar-refractivity contribution in [1.29, 1.82) is 0 Å². The van der Waals surface area contributed by atoms with Gasteiger partial charge in [-0.25, -0.2) is 13.6 Å². The Labute approximate surface area is 203 Å². The van der Waals surface area contributed by atoms with Crippen molar-refractivity contribution in [2.75, 3.05) is 31.7 Å². The van der Waals surface area contributed by atoms with Gasteiger partial charge in [0.2, 0.25) is 5.91 Å². The van der Waals surface area contributed by atoms with Gasteiger partial charge in [0.15, 0.2) is 0 Å². The summed E-state index contributed by atoms with van der Waals surface area (Å²) >= 11 is 0. The summed E-state index contributed by atoms with van der Waals surface area (Å²) in [7, 11) is 0. The minimum atomic E-state index is -0.641. The van der Waals surface area contributed by atoms with E-state index in [0.29, 0.717) is 35.9 Å². The highest BCUT2D eigenvalue weighted by Crippen LogP contribution is 2.36. The van der Waals surface area contributed by atoms with E-state index in [1.165, 1.54) is 16.5 Å². The molecule has 9 heteroatoms. The first-order valence-corrected chi connectivity index (χ1v) is 12.0. The number of hydrogen-bond donors (Lipinski definition) is 3. The Balaban J connectivity index is 1.23.